The summed E-state index contributed by atoms with van der Waals surface area (Å²) < 4.78 is 5.98. The second-order valence-electron chi connectivity index (χ2n) is 7.89. The van der Waals surface area contributed by atoms with Gasteiger partial charge in [-0.15, -0.1) is 0 Å². The van der Waals surface area contributed by atoms with Gasteiger partial charge in [0.2, 0.25) is 17.2 Å². The van der Waals surface area contributed by atoms with Gasteiger partial charge in [-0.2, -0.15) is 0 Å². The first-order valence-electron chi connectivity index (χ1n) is 10.5. The number of benzene rings is 2. The summed E-state index contributed by atoms with van der Waals surface area (Å²) in [6, 6.07) is 14.7. The summed E-state index contributed by atoms with van der Waals surface area (Å²) >= 11 is 0. The fraction of sp³-hybridized carbons (Fsp3) is 0.333. The average Bonchev–Trinajstić information content (AvgIpc) is 2.76. The lowest BCUT2D eigenvalue weighted by molar-refractivity contribution is -0.117. The number of fused-ring (bicyclic) bond motifs is 1. The highest BCUT2D eigenvalue weighted by molar-refractivity contribution is 5.97. The molecule has 3 aromatic rings. The quantitative estimate of drug-likeness (QED) is 0.635. The lowest BCUT2D eigenvalue weighted by Gasteiger charge is -2.33. The number of hydrogen-bond donors (Lipinski definition) is 2. The van der Waals surface area contributed by atoms with Crippen molar-refractivity contribution in [3.05, 3.63) is 64.3 Å². The Morgan fingerprint density at radius 1 is 1.03 bits per heavy atom. The van der Waals surface area contributed by atoms with Crippen LogP contribution in [0.15, 0.2) is 57.7 Å². The molecule has 0 bridgehead atoms. The van der Waals surface area contributed by atoms with Crippen LogP contribution >= 0.6 is 0 Å². The Kier molecular flexibility index (Phi) is 6.46. The molecule has 1 aliphatic heterocycles. The number of aliphatic hydroxyl groups excluding tert-OH is 1. The summed E-state index contributed by atoms with van der Waals surface area (Å²) in [6.45, 7) is 6.12. The Morgan fingerprint density at radius 3 is 2.42 bits per heavy atom. The summed E-state index contributed by atoms with van der Waals surface area (Å²) in [4.78, 5) is 30.3. The van der Waals surface area contributed by atoms with Gasteiger partial charge in [0.15, 0.2) is 0 Å². The second kappa shape index (κ2) is 9.43. The van der Waals surface area contributed by atoms with Crippen molar-refractivity contribution in [2.45, 2.75) is 6.92 Å². The standard InChI is InChI=1S/C24H27N3O4/c1-17-6-8-18(9-7-17)22-23(30)19-4-2-3-5-20(19)31-24(22)25-21(29)16-27-12-10-26(11-13-27)14-15-28/h2-9,28H,10-16H2,1H3,(H,25,29). The molecule has 1 saturated heterocycles. The largest absolute Gasteiger partial charge is 0.439 e. The van der Waals surface area contributed by atoms with Crippen LogP contribution in [0.1, 0.15) is 5.56 Å². The molecule has 1 fully saturated rings. The van der Waals surface area contributed by atoms with E-state index in [4.69, 9.17) is 9.52 Å². The van der Waals surface area contributed by atoms with Gasteiger partial charge in [-0.1, -0.05) is 42.0 Å². The van der Waals surface area contributed by atoms with Gasteiger partial charge in [-0.25, -0.2) is 0 Å². The van der Waals surface area contributed by atoms with E-state index in [1.807, 2.05) is 31.2 Å². The van der Waals surface area contributed by atoms with Crippen molar-refractivity contribution in [1.82, 2.24) is 9.80 Å². The van der Waals surface area contributed by atoms with Crippen LogP contribution < -0.4 is 10.7 Å². The topological polar surface area (TPSA) is 86.0 Å². The van der Waals surface area contributed by atoms with Crippen LogP contribution in [0.25, 0.3) is 22.1 Å². The third kappa shape index (κ3) is 4.85. The minimum Gasteiger partial charge on any atom is -0.439 e. The molecule has 0 unspecified atom stereocenters. The number of piperazine rings is 1. The minimum absolute atomic E-state index is 0.142. The molecule has 162 valence electrons. The third-order valence-corrected chi connectivity index (χ3v) is 5.64. The van der Waals surface area contributed by atoms with Crippen molar-refractivity contribution in [2.24, 2.45) is 0 Å². The molecule has 2 N–H and O–H groups in total. The molecular formula is C24H27N3O4. The number of aryl methyl sites for hydroxylation is 1. The smallest absolute Gasteiger partial charge is 0.240 e. The molecule has 4 rings (SSSR count). The first kappa shape index (κ1) is 21.2. The molecule has 0 saturated carbocycles. The molecular weight excluding hydrogens is 394 g/mol. The third-order valence-electron chi connectivity index (χ3n) is 5.64. The molecule has 7 nitrogen and oxygen atoms in total. The molecule has 2 aromatic carbocycles. The van der Waals surface area contributed by atoms with E-state index < -0.39 is 0 Å². The maximum absolute atomic E-state index is 13.3. The van der Waals surface area contributed by atoms with Gasteiger partial charge in [-0.3, -0.25) is 24.7 Å². The van der Waals surface area contributed by atoms with Gasteiger partial charge < -0.3 is 9.52 Å². The number of nitrogens with one attached hydrogen (secondary N) is 1. The van der Waals surface area contributed by atoms with Gasteiger partial charge in [0.1, 0.15) is 5.58 Å². The number of nitrogens with zero attached hydrogens (tertiary/aromatic N) is 2. The summed E-state index contributed by atoms with van der Waals surface area (Å²) in [6.07, 6.45) is 0. The van der Waals surface area contributed by atoms with E-state index in [1.165, 1.54) is 0 Å². The van der Waals surface area contributed by atoms with Crippen molar-refractivity contribution in [2.75, 3.05) is 51.2 Å². The van der Waals surface area contributed by atoms with Gasteiger partial charge in [0.05, 0.1) is 24.1 Å². The Bertz CT molecular complexity index is 1120. The van der Waals surface area contributed by atoms with Crippen molar-refractivity contribution in [3.63, 3.8) is 0 Å². The lowest BCUT2D eigenvalue weighted by atomic mass is 10.0. The number of amides is 1. The molecule has 0 aliphatic carbocycles. The van der Waals surface area contributed by atoms with Gasteiger partial charge in [-0.05, 0) is 24.6 Å². The Hall–Kier alpha value is -3.00. The molecule has 7 heteroatoms. The maximum Gasteiger partial charge on any atom is 0.240 e. The van der Waals surface area contributed by atoms with Crippen molar-refractivity contribution < 1.29 is 14.3 Å². The predicted octanol–water partition coefficient (Wildman–Crippen LogP) is 2.32. The van der Waals surface area contributed by atoms with E-state index in [2.05, 4.69) is 15.1 Å². The fourth-order valence-electron chi connectivity index (χ4n) is 3.89. The van der Waals surface area contributed by atoms with E-state index in [0.717, 1.165) is 31.7 Å². The van der Waals surface area contributed by atoms with Crippen LogP contribution in [0.2, 0.25) is 0 Å². The van der Waals surface area contributed by atoms with Gasteiger partial charge >= 0.3 is 0 Å². The van der Waals surface area contributed by atoms with Crippen LogP contribution in [0.3, 0.4) is 0 Å². The number of rotatable bonds is 6. The molecule has 31 heavy (non-hydrogen) atoms. The van der Waals surface area contributed by atoms with E-state index >= 15 is 0 Å². The van der Waals surface area contributed by atoms with Gasteiger partial charge in [0.25, 0.3) is 0 Å². The molecule has 0 radical (unpaired) electrons. The fourth-order valence-corrected chi connectivity index (χ4v) is 3.89. The summed E-state index contributed by atoms with van der Waals surface area (Å²) in [5.74, 6) is -0.0427. The van der Waals surface area contributed by atoms with Crippen LogP contribution in [-0.4, -0.2) is 66.7 Å². The number of para-hydroxylation sites is 1. The first-order chi connectivity index (χ1) is 15.0. The minimum atomic E-state index is -0.220. The number of hydrogen-bond acceptors (Lipinski definition) is 6. The molecule has 1 aromatic heterocycles. The molecule has 0 atom stereocenters. The molecule has 2 heterocycles. The normalized spacial score (nSPS) is 15.3. The average molecular weight is 421 g/mol. The van der Waals surface area contributed by atoms with Gasteiger partial charge in [0, 0.05) is 32.7 Å². The highest BCUT2D eigenvalue weighted by Gasteiger charge is 2.21. The van der Waals surface area contributed by atoms with Crippen LogP contribution in [0, 0.1) is 6.92 Å². The Labute approximate surface area is 180 Å². The summed E-state index contributed by atoms with van der Waals surface area (Å²) in [5.41, 5.74) is 2.42. The van der Waals surface area contributed by atoms with E-state index in [1.54, 1.807) is 24.3 Å². The lowest BCUT2D eigenvalue weighted by Crippen LogP contribution is -2.49. The number of β-amino-alcohol motifs (C(OH)–C–C–N with tert-alkyl or cyclic N) is 1. The number of aliphatic hydroxyl groups is 1. The van der Waals surface area contributed by atoms with E-state index in [-0.39, 0.29) is 30.4 Å². The predicted molar refractivity (Wildman–Crippen MR) is 121 cm³/mol. The summed E-state index contributed by atoms with van der Waals surface area (Å²) in [5, 5.41) is 12.4. The van der Waals surface area contributed by atoms with Crippen molar-refractivity contribution >= 4 is 22.8 Å². The molecule has 1 aliphatic rings. The second-order valence-corrected chi connectivity index (χ2v) is 7.89. The zero-order valence-corrected chi connectivity index (χ0v) is 17.6. The SMILES string of the molecule is Cc1ccc(-c2c(NC(=O)CN3CCN(CCO)CC3)oc3ccccc3c2=O)cc1. The van der Waals surface area contributed by atoms with Crippen LogP contribution in [0.4, 0.5) is 5.88 Å². The van der Waals surface area contributed by atoms with E-state index in [0.29, 0.717) is 28.6 Å². The first-order valence-corrected chi connectivity index (χ1v) is 10.5. The number of carbonyl (C=O) groups is 1. The maximum atomic E-state index is 13.3. The zero-order valence-electron chi connectivity index (χ0n) is 17.6. The summed E-state index contributed by atoms with van der Waals surface area (Å²) in [7, 11) is 0. The van der Waals surface area contributed by atoms with E-state index in [9.17, 15) is 9.59 Å². The monoisotopic (exact) mass is 421 g/mol. The molecule has 1 amide bonds. The Balaban J connectivity index is 1.59. The van der Waals surface area contributed by atoms with Crippen LogP contribution in [0.5, 0.6) is 0 Å². The van der Waals surface area contributed by atoms with Crippen molar-refractivity contribution in [3.8, 4) is 11.1 Å². The number of anilines is 1. The Morgan fingerprint density at radius 2 is 1.71 bits per heavy atom. The van der Waals surface area contributed by atoms with Crippen LogP contribution in [-0.2, 0) is 4.79 Å². The number of carbonyl (C=O) groups excluding carboxylic acids is 1. The highest BCUT2D eigenvalue weighted by atomic mass is 16.4. The zero-order chi connectivity index (χ0) is 21.8. The van der Waals surface area contributed by atoms with Crippen molar-refractivity contribution in [1.29, 1.82) is 0 Å². The molecule has 0 spiro atoms. The highest BCUT2D eigenvalue weighted by Crippen LogP contribution is 2.29.